The molecule has 2 unspecified atom stereocenters. The van der Waals surface area contributed by atoms with Gasteiger partial charge in [0.05, 0.1) is 27.7 Å². The lowest BCUT2D eigenvalue weighted by Crippen LogP contribution is -2.37. The molecule has 0 spiro atoms. The van der Waals surface area contributed by atoms with Crippen molar-refractivity contribution >= 4 is 19.8 Å². The lowest BCUT2D eigenvalue weighted by molar-refractivity contribution is -0.870. The van der Waals surface area contributed by atoms with Gasteiger partial charge in [0.1, 0.15) is 19.8 Å². The fourth-order valence-electron chi connectivity index (χ4n) is 5.92. The largest absolute Gasteiger partial charge is 0.472 e. The fraction of sp³-hybridized carbons (Fsp3) is 0.680. The molecule has 0 aromatic rings. The van der Waals surface area contributed by atoms with Gasteiger partial charge < -0.3 is 18.9 Å². The van der Waals surface area contributed by atoms with Crippen LogP contribution in [0.3, 0.4) is 0 Å². The van der Waals surface area contributed by atoms with Gasteiger partial charge in [-0.15, -0.1) is 0 Å². The van der Waals surface area contributed by atoms with E-state index < -0.39 is 26.5 Å². The van der Waals surface area contributed by atoms with E-state index in [0.29, 0.717) is 17.4 Å². The molecule has 0 aromatic carbocycles. The SMILES string of the molecule is CC/C=C/C=C/C=C/C=C/CCCCCC(=O)OC(COC(=O)CCCCCCCCCCCCCCC/C=C/C/C=C/C/C=C/CC)COP(=O)(O)OCC[N+](C)(C)C. The second-order valence-electron chi connectivity index (χ2n) is 16.5. The molecule has 0 amide bonds. The highest BCUT2D eigenvalue weighted by molar-refractivity contribution is 7.47. The van der Waals surface area contributed by atoms with Crippen LogP contribution in [0.15, 0.2) is 85.1 Å². The number of quaternary nitrogens is 1. The summed E-state index contributed by atoms with van der Waals surface area (Å²) in [6, 6.07) is 0. The second kappa shape index (κ2) is 41.5. The molecule has 9 nitrogen and oxygen atoms in total. The molecule has 0 saturated carbocycles. The van der Waals surface area contributed by atoms with E-state index in [0.717, 1.165) is 64.2 Å². The molecule has 0 heterocycles. The molecule has 60 heavy (non-hydrogen) atoms. The van der Waals surface area contributed by atoms with Gasteiger partial charge in [-0.2, -0.15) is 0 Å². The average molecular weight is 861 g/mol. The Bertz CT molecular complexity index is 1290. The number of rotatable bonds is 41. The molecule has 0 aliphatic carbocycles. The maximum atomic E-state index is 12.7. The van der Waals surface area contributed by atoms with Crippen LogP contribution < -0.4 is 0 Å². The van der Waals surface area contributed by atoms with E-state index in [1.54, 1.807) is 0 Å². The quantitative estimate of drug-likeness (QED) is 0.0162. The summed E-state index contributed by atoms with van der Waals surface area (Å²) in [6.45, 7) is 4.11. The number of unbranched alkanes of at least 4 members (excludes halogenated alkanes) is 16. The molecular weight excluding hydrogens is 774 g/mol. The van der Waals surface area contributed by atoms with E-state index in [-0.39, 0.29) is 32.0 Å². The monoisotopic (exact) mass is 861 g/mol. The van der Waals surface area contributed by atoms with Crippen molar-refractivity contribution in [2.45, 2.75) is 174 Å². The van der Waals surface area contributed by atoms with Crippen molar-refractivity contribution in [2.24, 2.45) is 0 Å². The number of carbonyl (C=O) groups excluding carboxylic acids is 2. The molecule has 10 heteroatoms. The van der Waals surface area contributed by atoms with Gasteiger partial charge >= 0.3 is 19.8 Å². The molecular formula is C50H87NO8P+. The Labute approximate surface area is 367 Å². The molecule has 1 N–H and O–H groups in total. The van der Waals surface area contributed by atoms with Gasteiger partial charge in [-0.05, 0) is 64.2 Å². The Balaban J connectivity index is 4.27. The topological polar surface area (TPSA) is 108 Å². The van der Waals surface area contributed by atoms with Crippen LogP contribution in [-0.4, -0.2) is 74.9 Å². The summed E-state index contributed by atoms with van der Waals surface area (Å²) < 4.78 is 34.3. The van der Waals surface area contributed by atoms with Crippen LogP contribution in [0.4, 0.5) is 0 Å². The Morgan fingerprint density at radius 3 is 1.55 bits per heavy atom. The summed E-state index contributed by atoms with van der Waals surface area (Å²) in [5.41, 5.74) is 0. The summed E-state index contributed by atoms with van der Waals surface area (Å²) in [6.07, 6.45) is 53.6. The highest BCUT2D eigenvalue weighted by atomic mass is 31.2. The van der Waals surface area contributed by atoms with E-state index in [9.17, 15) is 19.0 Å². The minimum Gasteiger partial charge on any atom is -0.462 e. The molecule has 0 radical (unpaired) electrons. The predicted octanol–water partition coefficient (Wildman–Crippen LogP) is 13.6. The number of phosphoric acid groups is 1. The Kier molecular flexibility index (Phi) is 39.6. The lowest BCUT2D eigenvalue weighted by Gasteiger charge is -2.24. The summed E-state index contributed by atoms with van der Waals surface area (Å²) in [7, 11) is 1.44. The summed E-state index contributed by atoms with van der Waals surface area (Å²) >= 11 is 0. The molecule has 344 valence electrons. The van der Waals surface area contributed by atoms with Gasteiger partial charge in [0.15, 0.2) is 6.10 Å². The van der Waals surface area contributed by atoms with Crippen LogP contribution in [0.5, 0.6) is 0 Å². The number of carbonyl (C=O) groups is 2. The third-order valence-electron chi connectivity index (χ3n) is 9.52. The number of esters is 2. The van der Waals surface area contributed by atoms with Crippen molar-refractivity contribution in [2.75, 3.05) is 47.5 Å². The van der Waals surface area contributed by atoms with E-state index in [1.165, 1.54) is 70.6 Å². The standard InChI is InChI=1S/C50H86NO8P/c1-6-8-10-12-14-16-18-20-21-22-23-24-25-26-27-28-29-31-32-34-36-38-40-42-49(52)56-46-48(47-58-60(54,55)57-45-44-51(3,4)5)59-50(53)43-41-39-37-35-33-30-19-17-15-13-11-9-7-2/h8-11,13-17,19-21,30,33,48H,6-7,12,18,22-29,31-32,34-47H2,1-5H3/p+1/b10-8+,11-9+,15-13+,16-14+,19-17+,21-20+,33-30+. The fourth-order valence-corrected chi connectivity index (χ4v) is 6.66. The van der Waals surface area contributed by atoms with Crippen molar-refractivity contribution in [1.82, 2.24) is 0 Å². The van der Waals surface area contributed by atoms with Gasteiger partial charge in [0, 0.05) is 12.8 Å². The van der Waals surface area contributed by atoms with Crippen LogP contribution in [0.1, 0.15) is 168 Å². The number of hydrogen-bond acceptors (Lipinski definition) is 7. The van der Waals surface area contributed by atoms with Crippen molar-refractivity contribution in [3.05, 3.63) is 85.1 Å². The van der Waals surface area contributed by atoms with Crippen molar-refractivity contribution in [3.63, 3.8) is 0 Å². The Hall–Kier alpha value is -2.81. The first-order valence-electron chi connectivity index (χ1n) is 23.4. The Morgan fingerprint density at radius 1 is 0.533 bits per heavy atom. The van der Waals surface area contributed by atoms with Gasteiger partial charge in [0.25, 0.3) is 0 Å². The summed E-state index contributed by atoms with van der Waals surface area (Å²) in [4.78, 5) is 35.4. The van der Waals surface area contributed by atoms with Crippen molar-refractivity contribution < 1.29 is 42.1 Å². The summed E-state index contributed by atoms with van der Waals surface area (Å²) in [5.74, 6) is -0.851. The van der Waals surface area contributed by atoms with E-state index in [4.69, 9.17) is 18.5 Å². The van der Waals surface area contributed by atoms with Gasteiger partial charge in [-0.3, -0.25) is 18.6 Å². The maximum absolute atomic E-state index is 12.7. The zero-order valence-electron chi connectivity index (χ0n) is 38.7. The average Bonchev–Trinajstić information content (AvgIpc) is 3.20. The van der Waals surface area contributed by atoms with Crippen molar-refractivity contribution in [1.29, 1.82) is 0 Å². The molecule has 0 saturated heterocycles. The van der Waals surface area contributed by atoms with Crippen LogP contribution in [-0.2, 0) is 32.7 Å². The minimum absolute atomic E-state index is 0.0195. The first-order valence-corrected chi connectivity index (χ1v) is 24.9. The number of phosphoric ester groups is 1. The van der Waals surface area contributed by atoms with E-state index in [1.807, 2.05) is 57.6 Å². The third-order valence-corrected chi connectivity index (χ3v) is 10.5. The smallest absolute Gasteiger partial charge is 0.462 e. The number of hydrogen-bond donors (Lipinski definition) is 1. The number of nitrogens with zero attached hydrogens (tertiary/aromatic N) is 1. The number of likely N-dealkylation sites (N-methyl/N-ethyl adjacent to an activating group) is 1. The normalized spacial score (nSPS) is 14.3. The predicted molar refractivity (Wildman–Crippen MR) is 252 cm³/mol. The van der Waals surface area contributed by atoms with Gasteiger partial charge in [0.2, 0.25) is 0 Å². The van der Waals surface area contributed by atoms with E-state index in [2.05, 4.69) is 62.5 Å². The first-order chi connectivity index (χ1) is 29.0. The molecule has 0 fully saturated rings. The second-order valence-corrected chi connectivity index (χ2v) is 17.9. The molecule has 0 bridgehead atoms. The minimum atomic E-state index is -4.39. The highest BCUT2D eigenvalue weighted by Crippen LogP contribution is 2.43. The lowest BCUT2D eigenvalue weighted by atomic mass is 10.0. The molecule has 0 aliphatic heterocycles. The molecule has 2 atom stereocenters. The zero-order chi connectivity index (χ0) is 44.3. The van der Waals surface area contributed by atoms with E-state index >= 15 is 0 Å². The molecule has 0 aromatic heterocycles. The van der Waals surface area contributed by atoms with Gasteiger partial charge in [-0.25, -0.2) is 4.57 Å². The van der Waals surface area contributed by atoms with Crippen molar-refractivity contribution in [3.8, 4) is 0 Å². The zero-order valence-corrected chi connectivity index (χ0v) is 39.6. The highest BCUT2D eigenvalue weighted by Gasteiger charge is 2.27. The third kappa shape index (κ3) is 44.7. The first kappa shape index (κ1) is 57.2. The van der Waals surface area contributed by atoms with Crippen LogP contribution in [0.2, 0.25) is 0 Å². The van der Waals surface area contributed by atoms with Crippen LogP contribution >= 0.6 is 7.82 Å². The Morgan fingerprint density at radius 2 is 0.983 bits per heavy atom. The molecule has 0 aliphatic rings. The number of ether oxygens (including phenoxy) is 2. The number of allylic oxidation sites excluding steroid dienone is 14. The maximum Gasteiger partial charge on any atom is 0.472 e. The summed E-state index contributed by atoms with van der Waals surface area (Å²) in [5, 5.41) is 0. The van der Waals surface area contributed by atoms with Crippen LogP contribution in [0, 0.1) is 0 Å². The van der Waals surface area contributed by atoms with Gasteiger partial charge in [-0.1, -0.05) is 176 Å². The van der Waals surface area contributed by atoms with Crippen LogP contribution in [0.25, 0.3) is 0 Å². The molecule has 0 rings (SSSR count).